The molecule has 1 atom stereocenters. The smallest absolute Gasteiger partial charge is 0.348 e. The Labute approximate surface area is 127 Å². The highest BCUT2D eigenvalue weighted by atomic mass is 16.4. The van der Waals surface area contributed by atoms with E-state index in [-0.39, 0.29) is 12.1 Å². The summed E-state index contributed by atoms with van der Waals surface area (Å²) in [5, 5.41) is 3.54. The number of nitrogens with zero attached hydrogens (tertiary/aromatic N) is 1. The standard InChI is InChI=1S/C17H17N3O2/c1-10-13(18)8-9-14-15(10)16(21)22-17(20-14)19-11(2)12-6-4-3-5-7-12/h3-9,11H,18H2,1-2H3,(H,19,20)/t11-/m1/s1. The molecule has 0 aliphatic carbocycles. The van der Waals surface area contributed by atoms with Crippen LogP contribution < -0.4 is 16.7 Å². The molecular weight excluding hydrogens is 278 g/mol. The molecule has 0 radical (unpaired) electrons. The summed E-state index contributed by atoms with van der Waals surface area (Å²) in [5.74, 6) is 0. The minimum atomic E-state index is -0.433. The first-order valence-corrected chi connectivity index (χ1v) is 7.07. The van der Waals surface area contributed by atoms with Crippen LogP contribution in [0.2, 0.25) is 0 Å². The summed E-state index contributed by atoms with van der Waals surface area (Å²) in [7, 11) is 0. The van der Waals surface area contributed by atoms with Crippen LogP contribution in [0.15, 0.2) is 51.7 Å². The lowest BCUT2D eigenvalue weighted by atomic mass is 10.1. The summed E-state index contributed by atoms with van der Waals surface area (Å²) < 4.78 is 5.29. The molecule has 5 heteroatoms. The van der Waals surface area contributed by atoms with Crippen LogP contribution in [0.5, 0.6) is 0 Å². The van der Waals surface area contributed by atoms with Crippen molar-refractivity contribution >= 4 is 22.6 Å². The zero-order valence-electron chi connectivity index (χ0n) is 12.5. The average Bonchev–Trinajstić information content (AvgIpc) is 2.51. The van der Waals surface area contributed by atoms with Crippen molar-refractivity contribution in [3.63, 3.8) is 0 Å². The lowest BCUT2D eigenvalue weighted by Gasteiger charge is -2.14. The summed E-state index contributed by atoms with van der Waals surface area (Å²) >= 11 is 0. The van der Waals surface area contributed by atoms with E-state index >= 15 is 0 Å². The predicted molar refractivity (Wildman–Crippen MR) is 87.9 cm³/mol. The highest BCUT2D eigenvalue weighted by Crippen LogP contribution is 2.22. The maximum Gasteiger partial charge on any atom is 0.348 e. The van der Waals surface area contributed by atoms with Gasteiger partial charge in [0.25, 0.3) is 6.01 Å². The average molecular weight is 295 g/mol. The van der Waals surface area contributed by atoms with Crippen LogP contribution in [0, 0.1) is 6.92 Å². The molecular formula is C17H17N3O2. The van der Waals surface area contributed by atoms with E-state index in [0.717, 1.165) is 5.56 Å². The van der Waals surface area contributed by atoms with Crippen LogP contribution >= 0.6 is 0 Å². The Morgan fingerprint density at radius 3 is 2.64 bits per heavy atom. The van der Waals surface area contributed by atoms with Gasteiger partial charge in [0.15, 0.2) is 0 Å². The van der Waals surface area contributed by atoms with Crippen molar-refractivity contribution < 1.29 is 4.42 Å². The molecule has 0 saturated heterocycles. The Balaban J connectivity index is 1.99. The molecule has 0 aliphatic rings. The zero-order chi connectivity index (χ0) is 15.7. The highest BCUT2D eigenvalue weighted by molar-refractivity contribution is 5.85. The van der Waals surface area contributed by atoms with Gasteiger partial charge < -0.3 is 15.5 Å². The third-order valence-electron chi connectivity index (χ3n) is 3.74. The Morgan fingerprint density at radius 2 is 1.91 bits per heavy atom. The molecule has 3 aromatic rings. The summed E-state index contributed by atoms with van der Waals surface area (Å²) in [6.45, 7) is 3.77. The minimum absolute atomic E-state index is 0.0239. The fourth-order valence-electron chi connectivity index (χ4n) is 2.41. The number of benzene rings is 2. The zero-order valence-corrected chi connectivity index (χ0v) is 12.5. The van der Waals surface area contributed by atoms with Gasteiger partial charge >= 0.3 is 5.63 Å². The van der Waals surface area contributed by atoms with Crippen molar-refractivity contribution in [1.29, 1.82) is 0 Å². The van der Waals surface area contributed by atoms with Crippen molar-refractivity contribution in [1.82, 2.24) is 4.98 Å². The van der Waals surface area contributed by atoms with E-state index in [4.69, 9.17) is 10.2 Å². The van der Waals surface area contributed by atoms with Crippen molar-refractivity contribution in [3.8, 4) is 0 Å². The second-order valence-electron chi connectivity index (χ2n) is 5.26. The number of nitrogens with one attached hydrogen (secondary N) is 1. The molecule has 0 fully saturated rings. The number of anilines is 2. The second kappa shape index (κ2) is 5.52. The maximum atomic E-state index is 12.2. The lowest BCUT2D eigenvalue weighted by molar-refractivity contribution is 0.510. The van der Waals surface area contributed by atoms with Crippen molar-refractivity contribution in [2.45, 2.75) is 19.9 Å². The number of rotatable bonds is 3. The highest BCUT2D eigenvalue weighted by Gasteiger charge is 2.12. The molecule has 22 heavy (non-hydrogen) atoms. The van der Waals surface area contributed by atoms with E-state index in [1.165, 1.54) is 0 Å². The maximum absolute atomic E-state index is 12.2. The number of hydrogen-bond acceptors (Lipinski definition) is 5. The summed E-state index contributed by atoms with van der Waals surface area (Å²) in [5.41, 5.74) is 8.30. The monoisotopic (exact) mass is 295 g/mol. The molecule has 0 bridgehead atoms. The Kier molecular flexibility index (Phi) is 3.55. The van der Waals surface area contributed by atoms with Gasteiger partial charge in [-0.25, -0.2) is 4.79 Å². The number of aromatic nitrogens is 1. The number of aryl methyl sites for hydroxylation is 1. The number of nitrogens with two attached hydrogens (primary N) is 1. The molecule has 3 rings (SSSR count). The largest absolute Gasteiger partial charge is 0.398 e. The van der Waals surface area contributed by atoms with Crippen molar-refractivity contribution in [2.75, 3.05) is 11.1 Å². The first kappa shape index (κ1) is 14.1. The summed E-state index contributed by atoms with van der Waals surface area (Å²) in [6, 6.07) is 13.5. The van der Waals surface area contributed by atoms with Crippen LogP contribution in [0.4, 0.5) is 11.7 Å². The quantitative estimate of drug-likeness (QED) is 0.725. The fraction of sp³-hybridized carbons (Fsp3) is 0.176. The van der Waals surface area contributed by atoms with Gasteiger partial charge in [-0.1, -0.05) is 30.3 Å². The van der Waals surface area contributed by atoms with Crippen LogP contribution in [-0.2, 0) is 0 Å². The van der Waals surface area contributed by atoms with E-state index < -0.39 is 5.63 Å². The molecule has 1 aromatic heterocycles. The van der Waals surface area contributed by atoms with Crippen LogP contribution in [0.1, 0.15) is 24.1 Å². The van der Waals surface area contributed by atoms with E-state index in [1.54, 1.807) is 19.1 Å². The Hall–Kier alpha value is -2.82. The van der Waals surface area contributed by atoms with Gasteiger partial charge in [0.2, 0.25) is 0 Å². The van der Waals surface area contributed by atoms with E-state index in [0.29, 0.717) is 22.2 Å². The number of fused-ring (bicyclic) bond motifs is 1. The molecule has 1 heterocycles. The molecule has 0 unspecified atom stereocenters. The first-order chi connectivity index (χ1) is 10.6. The molecule has 0 aliphatic heterocycles. The minimum Gasteiger partial charge on any atom is -0.398 e. The van der Waals surface area contributed by atoms with Crippen LogP contribution in [0.25, 0.3) is 10.9 Å². The molecule has 0 amide bonds. The van der Waals surface area contributed by atoms with E-state index in [2.05, 4.69) is 10.3 Å². The van der Waals surface area contributed by atoms with E-state index in [1.807, 2.05) is 37.3 Å². The molecule has 0 spiro atoms. The Morgan fingerprint density at radius 1 is 1.18 bits per heavy atom. The van der Waals surface area contributed by atoms with Crippen molar-refractivity contribution in [2.24, 2.45) is 0 Å². The third-order valence-corrected chi connectivity index (χ3v) is 3.74. The molecule has 2 aromatic carbocycles. The molecule has 112 valence electrons. The van der Waals surface area contributed by atoms with Crippen LogP contribution in [0.3, 0.4) is 0 Å². The number of hydrogen-bond donors (Lipinski definition) is 2. The topological polar surface area (TPSA) is 81.2 Å². The molecule has 5 nitrogen and oxygen atoms in total. The second-order valence-corrected chi connectivity index (χ2v) is 5.26. The van der Waals surface area contributed by atoms with Crippen LogP contribution in [-0.4, -0.2) is 4.98 Å². The first-order valence-electron chi connectivity index (χ1n) is 7.07. The Bertz CT molecular complexity index is 872. The summed E-state index contributed by atoms with van der Waals surface area (Å²) in [6.07, 6.45) is 0. The van der Waals surface area contributed by atoms with Gasteiger partial charge in [-0.05, 0) is 37.1 Å². The van der Waals surface area contributed by atoms with E-state index in [9.17, 15) is 4.79 Å². The lowest BCUT2D eigenvalue weighted by Crippen LogP contribution is -2.12. The van der Waals surface area contributed by atoms with Gasteiger partial charge in [0.1, 0.15) is 0 Å². The van der Waals surface area contributed by atoms with Gasteiger partial charge in [0, 0.05) is 5.69 Å². The fourth-order valence-corrected chi connectivity index (χ4v) is 2.41. The van der Waals surface area contributed by atoms with Gasteiger partial charge in [-0.15, -0.1) is 0 Å². The van der Waals surface area contributed by atoms with Gasteiger partial charge in [-0.3, -0.25) is 0 Å². The van der Waals surface area contributed by atoms with Gasteiger partial charge in [0.05, 0.1) is 16.9 Å². The molecule has 0 saturated carbocycles. The normalized spacial score (nSPS) is 12.3. The third kappa shape index (κ3) is 2.53. The predicted octanol–water partition coefficient (Wildman–Crippen LogP) is 3.25. The SMILES string of the molecule is Cc1c(N)ccc2nc(N[C@H](C)c3ccccc3)oc(=O)c12. The number of nitrogen functional groups attached to an aromatic ring is 1. The summed E-state index contributed by atoms with van der Waals surface area (Å²) in [4.78, 5) is 16.6. The van der Waals surface area contributed by atoms with Crippen molar-refractivity contribution in [3.05, 3.63) is 64.0 Å². The van der Waals surface area contributed by atoms with Gasteiger partial charge in [-0.2, -0.15) is 4.98 Å². The molecule has 3 N–H and O–H groups in total.